The normalized spacial score (nSPS) is 15.3. The van der Waals surface area contributed by atoms with Gasteiger partial charge in [-0.25, -0.2) is 4.39 Å². The zero-order valence-electron chi connectivity index (χ0n) is 12.9. The van der Waals surface area contributed by atoms with Gasteiger partial charge in [0.2, 0.25) is 0 Å². The van der Waals surface area contributed by atoms with Crippen LogP contribution in [0.3, 0.4) is 0 Å². The van der Waals surface area contributed by atoms with Crippen LogP contribution in [0.1, 0.15) is 34.5 Å². The maximum Gasteiger partial charge on any atom is 0.573 e. The Bertz CT molecular complexity index is 821. The molecule has 0 N–H and O–H groups in total. The summed E-state index contributed by atoms with van der Waals surface area (Å²) in [5.41, 5.74) is 1.36. The molecule has 0 saturated carbocycles. The molecule has 1 amide bonds. The third kappa shape index (κ3) is 3.56. The first-order chi connectivity index (χ1) is 11.7. The van der Waals surface area contributed by atoms with Gasteiger partial charge in [-0.1, -0.05) is 23.7 Å². The summed E-state index contributed by atoms with van der Waals surface area (Å²) < 4.78 is 53.9. The number of amides is 1. The summed E-state index contributed by atoms with van der Waals surface area (Å²) in [6, 6.07) is 7.16. The van der Waals surface area contributed by atoms with E-state index in [1.54, 1.807) is 6.92 Å². The lowest BCUT2D eigenvalue weighted by molar-refractivity contribution is -0.274. The van der Waals surface area contributed by atoms with Crippen LogP contribution in [-0.2, 0) is 6.54 Å². The van der Waals surface area contributed by atoms with Crippen molar-refractivity contribution in [2.75, 3.05) is 0 Å². The van der Waals surface area contributed by atoms with Gasteiger partial charge in [-0.15, -0.1) is 13.2 Å². The van der Waals surface area contributed by atoms with Gasteiger partial charge in [-0.3, -0.25) is 4.79 Å². The van der Waals surface area contributed by atoms with E-state index < -0.39 is 18.2 Å². The van der Waals surface area contributed by atoms with Gasteiger partial charge in [0.1, 0.15) is 11.6 Å². The maximum absolute atomic E-state index is 13.5. The Balaban J connectivity index is 1.81. The molecule has 1 aliphatic heterocycles. The van der Waals surface area contributed by atoms with Crippen molar-refractivity contribution < 1.29 is 27.1 Å². The lowest BCUT2D eigenvalue weighted by atomic mass is 10.1. The quantitative estimate of drug-likeness (QED) is 0.701. The first-order valence-corrected chi connectivity index (χ1v) is 7.68. The molecular formula is C17H12ClF4NO2. The van der Waals surface area contributed by atoms with Gasteiger partial charge in [0.15, 0.2) is 0 Å². The smallest absolute Gasteiger partial charge is 0.406 e. The Labute approximate surface area is 145 Å². The second-order valence-corrected chi connectivity index (χ2v) is 6.05. The molecule has 2 aromatic carbocycles. The highest BCUT2D eigenvalue weighted by Gasteiger charge is 2.34. The molecule has 0 saturated heterocycles. The second-order valence-electron chi connectivity index (χ2n) is 5.65. The molecule has 0 fully saturated rings. The summed E-state index contributed by atoms with van der Waals surface area (Å²) in [5.74, 6) is -1.22. The van der Waals surface area contributed by atoms with Gasteiger partial charge in [0, 0.05) is 6.54 Å². The standard InChI is InChI=1S/C17H12ClF4NO2/c1-9(10-2-4-13(5-3-10)25-17(20,21)22)23-8-11-6-12(19)7-14(18)15(11)16(23)24/h2-7,9H,8H2,1H3. The van der Waals surface area contributed by atoms with Crippen LogP contribution in [0.4, 0.5) is 17.6 Å². The van der Waals surface area contributed by atoms with Crippen molar-refractivity contribution in [1.82, 2.24) is 4.90 Å². The highest BCUT2D eigenvalue weighted by molar-refractivity contribution is 6.34. The van der Waals surface area contributed by atoms with Crippen LogP contribution < -0.4 is 4.74 Å². The van der Waals surface area contributed by atoms with Crippen molar-refractivity contribution in [2.24, 2.45) is 0 Å². The number of halogens is 5. The molecule has 0 radical (unpaired) electrons. The lowest BCUT2D eigenvalue weighted by Gasteiger charge is -2.25. The van der Waals surface area contributed by atoms with Crippen LogP contribution >= 0.6 is 11.6 Å². The Morgan fingerprint density at radius 3 is 2.44 bits per heavy atom. The molecule has 25 heavy (non-hydrogen) atoms. The molecule has 3 nitrogen and oxygen atoms in total. The van der Waals surface area contributed by atoms with E-state index in [2.05, 4.69) is 4.74 Å². The van der Waals surface area contributed by atoms with E-state index in [-0.39, 0.29) is 28.8 Å². The van der Waals surface area contributed by atoms with Crippen molar-refractivity contribution in [3.63, 3.8) is 0 Å². The SMILES string of the molecule is CC(c1ccc(OC(F)(F)F)cc1)N1Cc2cc(F)cc(Cl)c2C1=O. The number of hydrogen-bond acceptors (Lipinski definition) is 2. The number of carbonyl (C=O) groups excluding carboxylic acids is 1. The Kier molecular flexibility index (Phi) is 4.36. The van der Waals surface area contributed by atoms with Crippen molar-refractivity contribution in [1.29, 1.82) is 0 Å². The molecule has 0 aromatic heterocycles. The Morgan fingerprint density at radius 1 is 1.20 bits per heavy atom. The van der Waals surface area contributed by atoms with Crippen LogP contribution in [0.25, 0.3) is 0 Å². The first kappa shape index (κ1) is 17.5. The third-order valence-electron chi connectivity index (χ3n) is 4.02. The van der Waals surface area contributed by atoms with E-state index in [0.29, 0.717) is 11.1 Å². The molecule has 3 rings (SSSR count). The predicted octanol–water partition coefficient (Wildman–Crippen LogP) is 5.09. The summed E-state index contributed by atoms with van der Waals surface area (Å²) in [5, 5.41) is 0.0450. The minimum Gasteiger partial charge on any atom is -0.406 e. The molecule has 1 atom stereocenters. The van der Waals surface area contributed by atoms with E-state index in [1.165, 1.54) is 35.2 Å². The number of nitrogens with zero attached hydrogens (tertiary/aromatic N) is 1. The lowest BCUT2D eigenvalue weighted by Crippen LogP contribution is -2.27. The molecule has 0 bridgehead atoms. The number of alkyl halides is 3. The van der Waals surface area contributed by atoms with Crippen LogP contribution in [0, 0.1) is 5.82 Å². The van der Waals surface area contributed by atoms with Gasteiger partial charge in [-0.05, 0) is 42.3 Å². The molecule has 1 aliphatic rings. The fraction of sp³-hybridized carbons (Fsp3) is 0.235. The minimum atomic E-state index is -4.76. The molecule has 1 unspecified atom stereocenters. The minimum absolute atomic E-state index is 0.0450. The number of fused-ring (bicyclic) bond motifs is 1. The largest absolute Gasteiger partial charge is 0.573 e. The van der Waals surface area contributed by atoms with E-state index in [1.807, 2.05) is 0 Å². The number of benzene rings is 2. The highest BCUT2D eigenvalue weighted by atomic mass is 35.5. The number of hydrogen-bond donors (Lipinski definition) is 0. The van der Waals surface area contributed by atoms with Gasteiger partial charge in [0.25, 0.3) is 5.91 Å². The monoisotopic (exact) mass is 373 g/mol. The molecule has 8 heteroatoms. The molecule has 132 valence electrons. The van der Waals surface area contributed by atoms with Crippen LogP contribution in [0.2, 0.25) is 5.02 Å². The van der Waals surface area contributed by atoms with Crippen molar-refractivity contribution in [3.05, 3.63) is 63.9 Å². The number of carbonyl (C=O) groups is 1. The van der Waals surface area contributed by atoms with Crippen molar-refractivity contribution >= 4 is 17.5 Å². The van der Waals surface area contributed by atoms with Crippen molar-refractivity contribution in [3.8, 4) is 5.75 Å². The number of rotatable bonds is 3. The topological polar surface area (TPSA) is 29.5 Å². The van der Waals surface area contributed by atoms with E-state index >= 15 is 0 Å². The van der Waals surface area contributed by atoms with Gasteiger partial charge < -0.3 is 9.64 Å². The Hall–Kier alpha value is -2.28. The van der Waals surface area contributed by atoms with Crippen LogP contribution in [0.15, 0.2) is 36.4 Å². The number of ether oxygens (including phenoxy) is 1. The second kappa shape index (κ2) is 6.22. The van der Waals surface area contributed by atoms with Gasteiger partial charge in [-0.2, -0.15) is 0 Å². The summed E-state index contributed by atoms with van der Waals surface area (Å²) in [4.78, 5) is 14.0. The molecule has 0 aliphatic carbocycles. The van der Waals surface area contributed by atoms with E-state index in [4.69, 9.17) is 11.6 Å². The zero-order valence-corrected chi connectivity index (χ0v) is 13.7. The van der Waals surface area contributed by atoms with Crippen molar-refractivity contribution in [2.45, 2.75) is 25.9 Å². The average Bonchev–Trinajstić information content (AvgIpc) is 2.82. The summed E-state index contributed by atoms with van der Waals surface area (Å²) in [6.45, 7) is 1.90. The molecule has 1 heterocycles. The predicted molar refractivity (Wildman–Crippen MR) is 82.8 cm³/mol. The van der Waals surface area contributed by atoms with Gasteiger partial charge >= 0.3 is 6.36 Å². The average molecular weight is 374 g/mol. The summed E-state index contributed by atoms with van der Waals surface area (Å²) >= 11 is 5.96. The fourth-order valence-corrected chi connectivity index (χ4v) is 3.14. The molecule has 0 spiro atoms. The first-order valence-electron chi connectivity index (χ1n) is 7.30. The molecule has 2 aromatic rings. The van der Waals surface area contributed by atoms with Crippen LogP contribution in [-0.4, -0.2) is 17.2 Å². The molecular weight excluding hydrogens is 362 g/mol. The van der Waals surface area contributed by atoms with Crippen LogP contribution in [0.5, 0.6) is 5.75 Å². The summed E-state index contributed by atoms with van der Waals surface area (Å²) in [7, 11) is 0. The highest BCUT2D eigenvalue weighted by Crippen LogP contribution is 2.36. The van der Waals surface area contributed by atoms with Gasteiger partial charge in [0.05, 0.1) is 16.6 Å². The Morgan fingerprint density at radius 2 is 1.84 bits per heavy atom. The third-order valence-corrected chi connectivity index (χ3v) is 4.31. The van der Waals surface area contributed by atoms with E-state index in [9.17, 15) is 22.4 Å². The zero-order chi connectivity index (χ0) is 18.4. The fourth-order valence-electron chi connectivity index (χ4n) is 2.83. The summed E-state index contributed by atoms with van der Waals surface area (Å²) in [6.07, 6.45) is -4.76. The maximum atomic E-state index is 13.5. The van der Waals surface area contributed by atoms with E-state index in [0.717, 1.165) is 6.07 Å².